The number of aromatic hydroxyl groups is 1. The average molecular weight is 233 g/mol. The molecule has 0 saturated carbocycles. The number of phenolic OH excluding ortho intramolecular Hbond substituents is 1. The molecular formula is C13H15NO3. The summed E-state index contributed by atoms with van der Waals surface area (Å²) in [5.74, 6) is -0.367. The molecule has 0 spiro atoms. The number of benzene rings is 1. The van der Waals surface area contributed by atoms with Crippen LogP contribution in [0.2, 0.25) is 0 Å². The van der Waals surface area contributed by atoms with Crippen LogP contribution < -0.4 is 0 Å². The van der Waals surface area contributed by atoms with Gasteiger partial charge in [-0.1, -0.05) is 13.0 Å². The van der Waals surface area contributed by atoms with Gasteiger partial charge in [0, 0.05) is 0 Å². The third kappa shape index (κ3) is 2.97. The Labute approximate surface area is 100 Å². The third-order valence-corrected chi connectivity index (χ3v) is 2.49. The molecule has 90 valence electrons. The number of esters is 1. The summed E-state index contributed by atoms with van der Waals surface area (Å²) in [7, 11) is 0. The molecule has 0 radical (unpaired) electrons. The zero-order valence-electron chi connectivity index (χ0n) is 9.99. The van der Waals surface area contributed by atoms with Crippen molar-refractivity contribution in [2.45, 2.75) is 26.7 Å². The van der Waals surface area contributed by atoms with Crippen LogP contribution in [0.4, 0.5) is 0 Å². The number of hydrogen-bond acceptors (Lipinski definition) is 4. The van der Waals surface area contributed by atoms with Crippen molar-refractivity contribution in [3.63, 3.8) is 0 Å². The minimum absolute atomic E-state index is 0.0445. The second-order valence-corrected chi connectivity index (χ2v) is 3.54. The zero-order chi connectivity index (χ0) is 12.8. The van der Waals surface area contributed by atoms with Gasteiger partial charge < -0.3 is 9.84 Å². The van der Waals surface area contributed by atoms with E-state index in [4.69, 9.17) is 10.00 Å². The molecule has 0 amide bonds. The molecule has 0 aliphatic carbocycles. The normalized spacial score (nSPS) is 9.71. The van der Waals surface area contributed by atoms with E-state index in [9.17, 15) is 9.90 Å². The summed E-state index contributed by atoms with van der Waals surface area (Å²) < 4.78 is 4.86. The van der Waals surface area contributed by atoms with E-state index in [2.05, 4.69) is 0 Å². The van der Waals surface area contributed by atoms with E-state index in [0.29, 0.717) is 18.6 Å². The number of ether oxygens (including phenoxy) is 1. The van der Waals surface area contributed by atoms with Crippen molar-refractivity contribution >= 4 is 5.97 Å². The lowest BCUT2D eigenvalue weighted by molar-refractivity contribution is -0.142. The van der Waals surface area contributed by atoms with E-state index < -0.39 is 0 Å². The molecule has 0 saturated heterocycles. The number of rotatable bonds is 4. The molecule has 4 heteroatoms. The molecule has 0 atom stereocenters. The highest BCUT2D eigenvalue weighted by atomic mass is 16.5. The van der Waals surface area contributed by atoms with E-state index in [-0.39, 0.29) is 23.7 Å². The Kier molecular flexibility index (Phi) is 4.53. The van der Waals surface area contributed by atoms with Gasteiger partial charge in [0.1, 0.15) is 11.8 Å². The SMILES string of the molecule is CCOC(=O)Cc1ccc(O)c(C#N)c1CC. The highest BCUT2D eigenvalue weighted by Crippen LogP contribution is 2.24. The predicted octanol–water partition coefficient (Wildman–Crippen LogP) is 1.93. The van der Waals surface area contributed by atoms with E-state index in [0.717, 1.165) is 5.56 Å². The summed E-state index contributed by atoms with van der Waals surface area (Å²) in [6, 6.07) is 5.05. The maximum absolute atomic E-state index is 11.4. The Hall–Kier alpha value is -2.02. The fourth-order valence-electron chi connectivity index (χ4n) is 1.74. The van der Waals surface area contributed by atoms with Gasteiger partial charge in [0.2, 0.25) is 0 Å². The highest BCUT2D eigenvalue weighted by Gasteiger charge is 2.14. The fourth-order valence-corrected chi connectivity index (χ4v) is 1.74. The van der Waals surface area contributed by atoms with E-state index in [1.165, 1.54) is 6.07 Å². The van der Waals surface area contributed by atoms with Gasteiger partial charge in [0.05, 0.1) is 18.6 Å². The quantitative estimate of drug-likeness (QED) is 0.807. The second-order valence-electron chi connectivity index (χ2n) is 3.54. The molecule has 0 unspecified atom stereocenters. The number of nitrogens with zero attached hydrogens (tertiary/aromatic N) is 1. The average Bonchev–Trinajstić information content (AvgIpc) is 2.31. The van der Waals surface area contributed by atoms with Gasteiger partial charge in [0.15, 0.2) is 0 Å². The van der Waals surface area contributed by atoms with Crippen molar-refractivity contribution in [3.8, 4) is 11.8 Å². The smallest absolute Gasteiger partial charge is 0.310 e. The van der Waals surface area contributed by atoms with E-state index in [1.807, 2.05) is 13.0 Å². The first-order valence-corrected chi connectivity index (χ1v) is 5.53. The molecule has 1 aromatic rings. The lowest BCUT2D eigenvalue weighted by Crippen LogP contribution is -2.10. The second kappa shape index (κ2) is 5.90. The van der Waals surface area contributed by atoms with Crippen LogP contribution in [0.25, 0.3) is 0 Å². The van der Waals surface area contributed by atoms with Gasteiger partial charge in [-0.25, -0.2) is 0 Å². The van der Waals surface area contributed by atoms with Crippen LogP contribution in [0.1, 0.15) is 30.5 Å². The lowest BCUT2D eigenvalue weighted by atomic mass is 9.96. The molecule has 1 N–H and O–H groups in total. The molecule has 1 rings (SSSR count). The molecule has 17 heavy (non-hydrogen) atoms. The summed E-state index contributed by atoms with van der Waals surface area (Å²) in [6.07, 6.45) is 0.720. The minimum Gasteiger partial charge on any atom is -0.507 e. The first-order valence-electron chi connectivity index (χ1n) is 5.53. The molecular weight excluding hydrogens is 218 g/mol. The van der Waals surface area contributed by atoms with E-state index in [1.54, 1.807) is 13.0 Å². The maximum Gasteiger partial charge on any atom is 0.310 e. The standard InChI is InChI=1S/C13H15NO3/c1-3-10-9(7-13(16)17-4-2)5-6-12(15)11(10)8-14/h5-6,15H,3-4,7H2,1-2H3. The molecule has 0 aliphatic rings. The fraction of sp³-hybridized carbons (Fsp3) is 0.385. The van der Waals surface area contributed by atoms with Crippen molar-refractivity contribution < 1.29 is 14.6 Å². The van der Waals surface area contributed by atoms with Gasteiger partial charge in [-0.2, -0.15) is 5.26 Å². The Morgan fingerprint density at radius 2 is 2.18 bits per heavy atom. The number of nitriles is 1. The Morgan fingerprint density at radius 3 is 2.71 bits per heavy atom. The maximum atomic E-state index is 11.4. The van der Waals surface area contributed by atoms with Crippen molar-refractivity contribution in [1.82, 2.24) is 0 Å². The topological polar surface area (TPSA) is 70.3 Å². The largest absolute Gasteiger partial charge is 0.507 e. The van der Waals surface area contributed by atoms with Crippen molar-refractivity contribution in [3.05, 3.63) is 28.8 Å². The first-order chi connectivity index (χ1) is 8.13. The molecule has 0 bridgehead atoms. The molecule has 0 aliphatic heterocycles. The number of hydrogen-bond donors (Lipinski definition) is 1. The van der Waals surface area contributed by atoms with Crippen LogP contribution in [0, 0.1) is 11.3 Å². The van der Waals surface area contributed by atoms with Gasteiger partial charge in [-0.15, -0.1) is 0 Å². The summed E-state index contributed by atoms with van der Waals surface area (Å²) in [4.78, 5) is 11.4. The molecule has 0 aromatic heterocycles. The zero-order valence-corrected chi connectivity index (χ0v) is 9.99. The Balaban J connectivity index is 3.09. The molecule has 0 fully saturated rings. The van der Waals surface area contributed by atoms with Crippen molar-refractivity contribution in [1.29, 1.82) is 5.26 Å². The Morgan fingerprint density at radius 1 is 1.47 bits per heavy atom. The summed E-state index contributed by atoms with van der Waals surface area (Å²) >= 11 is 0. The van der Waals surface area contributed by atoms with Gasteiger partial charge in [-0.05, 0) is 30.5 Å². The van der Waals surface area contributed by atoms with Crippen LogP contribution in [-0.4, -0.2) is 17.7 Å². The first kappa shape index (κ1) is 13.0. The highest BCUT2D eigenvalue weighted by molar-refractivity contribution is 5.73. The number of carbonyl (C=O) groups is 1. The molecule has 0 heterocycles. The van der Waals surface area contributed by atoms with Crippen LogP contribution >= 0.6 is 0 Å². The number of phenols is 1. The summed E-state index contributed by atoms with van der Waals surface area (Å²) in [6.45, 7) is 3.96. The van der Waals surface area contributed by atoms with Crippen LogP contribution in [0.5, 0.6) is 5.75 Å². The Bertz CT molecular complexity index is 460. The molecule has 4 nitrogen and oxygen atoms in total. The summed E-state index contributed by atoms with van der Waals surface area (Å²) in [5, 5.41) is 18.5. The minimum atomic E-state index is -0.322. The predicted molar refractivity (Wildman–Crippen MR) is 62.5 cm³/mol. The number of carbonyl (C=O) groups excluding carboxylic acids is 1. The van der Waals surface area contributed by atoms with Gasteiger partial charge in [0.25, 0.3) is 0 Å². The third-order valence-electron chi connectivity index (χ3n) is 2.49. The van der Waals surface area contributed by atoms with Crippen LogP contribution in [-0.2, 0) is 22.4 Å². The monoisotopic (exact) mass is 233 g/mol. The van der Waals surface area contributed by atoms with Crippen LogP contribution in [0.15, 0.2) is 12.1 Å². The van der Waals surface area contributed by atoms with Crippen molar-refractivity contribution in [2.24, 2.45) is 0 Å². The van der Waals surface area contributed by atoms with E-state index >= 15 is 0 Å². The van der Waals surface area contributed by atoms with Crippen LogP contribution in [0.3, 0.4) is 0 Å². The lowest BCUT2D eigenvalue weighted by Gasteiger charge is -2.10. The van der Waals surface area contributed by atoms with Gasteiger partial charge >= 0.3 is 5.97 Å². The molecule has 1 aromatic carbocycles. The van der Waals surface area contributed by atoms with Gasteiger partial charge in [-0.3, -0.25) is 4.79 Å². The van der Waals surface area contributed by atoms with Crippen molar-refractivity contribution in [2.75, 3.05) is 6.61 Å². The summed E-state index contributed by atoms with van der Waals surface area (Å²) in [5.41, 5.74) is 1.69.